The first kappa shape index (κ1) is 10.4. The lowest BCUT2D eigenvalue weighted by Gasteiger charge is -2.28. The number of hydrogen-bond acceptors (Lipinski definition) is 1. The summed E-state index contributed by atoms with van der Waals surface area (Å²) >= 11 is 0. The second-order valence-electron chi connectivity index (χ2n) is 5.03. The Labute approximate surface area is 103 Å². The summed E-state index contributed by atoms with van der Waals surface area (Å²) in [6, 6.07) is 6.56. The van der Waals surface area contributed by atoms with Gasteiger partial charge in [-0.25, -0.2) is 0 Å². The van der Waals surface area contributed by atoms with E-state index in [0.29, 0.717) is 0 Å². The number of fused-ring (bicyclic) bond motifs is 3. The van der Waals surface area contributed by atoms with E-state index in [1.165, 1.54) is 22.3 Å². The van der Waals surface area contributed by atoms with Gasteiger partial charge in [0.15, 0.2) is 0 Å². The monoisotopic (exact) mass is 223 g/mol. The van der Waals surface area contributed by atoms with E-state index in [1.807, 2.05) is 7.05 Å². The highest BCUT2D eigenvalue weighted by Crippen LogP contribution is 2.57. The molecule has 1 atom stereocenters. The maximum Gasteiger partial charge on any atom is 0.0344 e. The smallest absolute Gasteiger partial charge is 0.0344 e. The summed E-state index contributed by atoms with van der Waals surface area (Å²) in [5.74, 6) is 0. The number of benzene rings is 1. The number of allylic oxidation sites excluding steroid dienone is 5. The zero-order chi connectivity index (χ0) is 12.0. The van der Waals surface area contributed by atoms with Crippen LogP contribution in [-0.2, 0) is 0 Å². The lowest BCUT2D eigenvalue weighted by molar-refractivity contribution is 0.615. The van der Waals surface area contributed by atoms with Crippen LogP contribution in [0.1, 0.15) is 24.5 Å². The van der Waals surface area contributed by atoms with Crippen molar-refractivity contribution in [3.8, 4) is 0 Å². The molecule has 0 heterocycles. The molecule has 1 heteroatoms. The molecule has 86 valence electrons. The number of rotatable bonds is 1. The SMILES string of the molecule is C=C1c2cc(NC)ccc2C2=CC=CCC12C. The van der Waals surface area contributed by atoms with Gasteiger partial charge in [0, 0.05) is 18.2 Å². The maximum atomic E-state index is 4.32. The van der Waals surface area contributed by atoms with Crippen LogP contribution in [0.25, 0.3) is 11.1 Å². The number of nitrogens with one attached hydrogen (secondary N) is 1. The second-order valence-corrected chi connectivity index (χ2v) is 5.03. The van der Waals surface area contributed by atoms with Crippen LogP contribution in [-0.4, -0.2) is 7.05 Å². The van der Waals surface area contributed by atoms with Crippen molar-refractivity contribution in [1.82, 2.24) is 0 Å². The maximum absolute atomic E-state index is 4.32. The van der Waals surface area contributed by atoms with Crippen molar-refractivity contribution in [1.29, 1.82) is 0 Å². The molecule has 0 amide bonds. The fourth-order valence-electron chi connectivity index (χ4n) is 2.92. The molecule has 1 aromatic rings. The van der Waals surface area contributed by atoms with E-state index in [-0.39, 0.29) is 5.41 Å². The Hall–Kier alpha value is -1.76. The van der Waals surface area contributed by atoms with E-state index in [2.05, 4.69) is 55.2 Å². The highest BCUT2D eigenvalue weighted by atomic mass is 14.8. The molecular weight excluding hydrogens is 206 g/mol. The molecule has 17 heavy (non-hydrogen) atoms. The summed E-state index contributed by atoms with van der Waals surface area (Å²) in [5.41, 5.74) is 6.57. The van der Waals surface area contributed by atoms with Crippen LogP contribution >= 0.6 is 0 Å². The topological polar surface area (TPSA) is 12.0 Å². The largest absolute Gasteiger partial charge is 0.388 e. The molecule has 1 N–H and O–H groups in total. The van der Waals surface area contributed by atoms with Gasteiger partial charge in [-0.15, -0.1) is 0 Å². The van der Waals surface area contributed by atoms with E-state index in [0.717, 1.165) is 12.1 Å². The van der Waals surface area contributed by atoms with Crippen molar-refractivity contribution in [2.75, 3.05) is 12.4 Å². The minimum atomic E-state index is 0.101. The zero-order valence-electron chi connectivity index (χ0n) is 10.4. The highest BCUT2D eigenvalue weighted by Gasteiger charge is 2.40. The average Bonchev–Trinajstić information content (AvgIpc) is 2.59. The van der Waals surface area contributed by atoms with Gasteiger partial charge < -0.3 is 5.32 Å². The molecule has 0 aliphatic heterocycles. The molecular formula is C16H17N. The Kier molecular flexibility index (Phi) is 2.06. The van der Waals surface area contributed by atoms with E-state index in [4.69, 9.17) is 0 Å². The molecule has 2 aliphatic rings. The van der Waals surface area contributed by atoms with Gasteiger partial charge in [-0.3, -0.25) is 0 Å². The first-order valence-electron chi connectivity index (χ1n) is 6.06. The Morgan fingerprint density at radius 1 is 1.29 bits per heavy atom. The first-order valence-corrected chi connectivity index (χ1v) is 6.06. The molecule has 2 aliphatic carbocycles. The third-order valence-electron chi connectivity index (χ3n) is 4.11. The lowest BCUT2D eigenvalue weighted by Crippen LogP contribution is -2.14. The molecule has 0 saturated heterocycles. The quantitative estimate of drug-likeness (QED) is 0.755. The Morgan fingerprint density at radius 3 is 2.88 bits per heavy atom. The van der Waals surface area contributed by atoms with Crippen molar-refractivity contribution in [2.24, 2.45) is 5.41 Å². The van der Waals surface area contributed by atoms with E-state index in [9.17, 15) is 0 Å². The molecule has 0 aromatic heterocycles. The number of hydrogen-bond donors (Lipinski definition) is 1. The third-order valence-corrected chi connectivity index (χ3v) is 4.11. The van der Waals surface area contributed by atoms with Crippen molar-refractivity contribution in [2.45, 2.75) is 13.3 Å². The lowest BCUT2D eigenvalue weighted by atomic mass is 9.75. The average molecular weight is 223 g/mol. The van der Waals surface area contributed by atoms with Gasteiger partial charge in [-0.1, -0.05) is 37.8 Å². The molecule has 3 rings (SSSR count). The van der Waals surface area contributed by atoms with Crippen LogP contribution in [0.2, 0.25) is 0 Å². The van der Waals surface area contributed by atoms with Gasteiger partial charge in [0.1, 0.15) is 0 Å². The van der Waals surface area contributed by atoms with Crippen molar-refractivity contribution in [3.05, 3.63) is 54.1 Å². The molecule has 0 spiro atoms. The van der Waals surface area contributed by atoms with Gasteiger partial charge in [-0.2, -0.15) is 0 Å². The Bertz CT molecular complexity index is 563. The highest BCUT2D eigenvalue weighted by molar-refractivity contribution is 5.99. The fourth-order valence-corrected chi connectivity index (χ4v) is 2.92. The van der Waals surface area contributed by atoms with Crippen LogP contribution in [0.5, 0.6) is 0 Å². The summed E-state index contributed by atoms with van der Waals surface area (Å²) in [5, 5.41) is 3.19. The van der Waals surface area contributed by atoms with Crippen LogP contribution in [0.4, 0.5) is 5.69 Å². The van der Waals surface area contributed by atoms with Crippen molar-refractivity contribution < 1.29 is 0 Å². The summed E-state index contributed by atoms with van der Waals surface area (Å²) in [7, 11) is 1.95. The number of anilines is 1. The first-order chi connectivity index (χ1) is 8.16. The van der Waals surface area contributed by atoms with Crippen LogP contribution < -0.4 is 5.32 Å². The van der Waals surface area contributed by atoms with Crippen LogP contribution in [0.3, 0.4) is 0 Å². The van der Waals surface area contributed by atoms with E-state index < -0.39 is 0 Å². The van der Waals surface area contributed by atoms with Crippen LogP contribution in [0.15, 0.2) is 43.0 Å². The molecule has 0 saturated carbocycles. The van der Waals surface area contributed by atoms with Gasteiger partial charge in [0.2, 0.25) is 0 Å². The molecule has 0 bridgehead atoms. The van der Waals surface area contributed by atoms with Gasteiger partial charge in [-0.05, 0) is 40.8 Å². The summed E-state index contributed by atoms with van der Waals surface area (Å²) in [6.07, 6.45) is 7.69. The normalized spacial score (nSPS) is 25.3. The minimum Gasteiger partial charge on any atom is -0.388 e. The van der Waals surface area contributed by atoms with Crippen molar-refractivity contribution >= 4 is 16.8 Å². The van der Waals surface area contributed by atoms with E-state index in [1.54, 1.807) is 0 Å². The molecule has 0 radical (unpaired) electrons. The van der Waals surface area contributed by atoms with Gasteiger partial charge in [0.25, 0.3) is 0 Å². The van der Waals surface area contributed by atoms with Crippen LogP contribution in [0, 0.1) is 5.41 Å². The minimum absolute atomic E-state index is 0.101. The van der Waals surface area contributed by atoms with E-state index >= 15 is 0 Å². The molecule has 1 unspecified atom stereocenters. The Balaban J connectivity index is 2.24. The van der Waals surface area contributed by atoms with Gasteiger partial charge >= 0.3 is 0 Å². The molecule has 1 aromatic carbocycles. The van der Waals surface area contributed by atoms with Crippen molar-refractivity contribution in [3.63, 3.8) is 0 Å². The standard InChI is InChI=1S/C16H17N/c1-11-14-10-12(17-3)7-8-13(14)15-6-4-5-9-16(11,15)2/h4-8,10,17H,1,9H2,2-3H3. The molecule has 0 fully saturated rings. The predicted octanol–water partition coefficient (Wildman–Crippen LogP) is 4.10. The third kappa shape index (κ3) is 1.25. The second kappa shape index (κ2) is 3.36. The summed E-state index contributed by atoms with van der Waals surface area (Å²) in [4.78, 5) is 0. The molecule has 1 nitrogen and oxygen atoms in total. The zero-order valence-corrected chi connectivity index (χ0v) is 10.4. The van der Waals surface area contributed by atoms with Gasteiger partial charge in [0.05, 0.1) is 0 Å². The summed E-state index contributed by atoms with van der Waals surface area (Å²) in [6.45, 7) is 6.62. The summed E-state index contributed by atoms with van der Waals surface area (Å²) < 4.78 is 0. The predicted molar refractivity (Wildman–Crippen MR) is 74.9 cm³/mol. The Morgan fingerprint density at radius 2 is 2.12 bits per heavy atom. The fraction of sp³-hybridized carbons (Fsp3) is 0.250.